The van der Waals surface area contributed by atoms with Gasteiger partial charge in [0.05, 0.1) is 11.4 Å². The Bertz CT molecular complexity index is 1260. The highest BCUT2D eigenvalue weighted by Crippen LogP contribution is 2.33. The van der Waals surface area contributed by atoms with Gasteiger partial charge in [0, 0.05) is 23.7 Å². The van der Waals surface area contributed by atoms with E-state index in [4.69, 9.17) is 14.8 Å². The molecule has 0 radical (unpaired) electrons. The summed E-state index contributed by atoms with van der Waals surface area (Å²) in [6.45, 7) is 0.745. The lowest BCUT2D eigenvalue weighted by Gasteiger charge is -2.18. The van der Waals surface area contributed by atoms with Crippen molar-refractivity contribution < 1.29 is 9.53 Å². The van der Waals surface area contributed by atoms with E-state index in [0.29, 0.717) is 23.9 Å². The quantitative estimate of drug-likeness (QED) is 0.423. The summed E-state index contributed by atoms with van der Waals surface area (Å²) in [7, 11) is 0. The van der Waals surface area contributed by atoms with Gasteiger partial charge in [-0.05, 0) is 55.4 Å². The zero-order valence-corrected chi connectivity index (χ0v) is 19.1. The van der Waals surface area contributed by atoms with E-state index in [1.54, 1.807) is 11.3 Å². The van der Waals surface area contributed by atoms with Crippen LogP contribution in [0, 0.1) is 5.92 Å². The molecule has 2 aliphatic rings. The van der Waals surface area contributed by atoms with Crippen molar-refractivity contribution in [2.75, 3.05) is 18.5 Å². The Labute approximate surface area is 197 Å². The van der Waals surface area contributed by atoms with Crippen LogP contribution in [0.1, 0.15) is 24.8 Å². The van der Waals surface area contributed by atoms with Crippen molar-refractivity contribution in [1.82, 2.24) is 4.68 Å². The number of anilines is 1. The number of nitrogens with zero attached hydrogens (tertiary/aromatic N) is 3. The molecule has 2 heterocycles. The summed E-state index contributed by atoms with van der Waals surface area (Å²) in [5.41, 5.74) is 3.86. The molecule has 1 aliphatic carbocycles. The maximum atomic E-state index is 11.8. The predicted octanol–water partition coefficient (Wildman–Crippen LogP) is 4.88. The summed E-state index contributed by atoms with van der Waals surface area (Å²) < 4.78 is 7.44. The van der Waals surface area contributed by atoms with Crippen LogP contribution in [0.5, 0.6) is 5.75 Å². The van der Waals surface area contributed by atoms with Gasteiger partial charge in [0.15, 0.2) is 6.61 Å². The van der Waals surface area contributed by atoms with Gasteiger partial charge in [-0.15, -0.1) is 11.3 Å². The van der Waals surface area contributed by atoms with E-state index in [9.17, 15) is 4.79 Å². The highest BCUT2D eigenvalue weighted by Gasteiger charge is 2.18. The topological polar surface area (TPSA) is 68.0 Å². The maximum Gasteiger partial charge on any atom is 0.262 e. The number of fused-ring (bicyclic) bond motifs is 1. The number of carbonyl (C=O) groups is 1. The highest BCUT2D eigenvalue weighted by molar-refractivity contribution is 7.07. The number of aromatic nitrogens is 1. The molecule has 168 valence electrons. The Morgan fingerprint density at radius 2 is 2.09 bits per heavy atom. The number of hydrogen-bond acceptors (Lipinski definition) is 5. The smallest absolute Gasteiger partial charge is 0.262 e. The predicted molar refractivity (Wildman–Crippen MR) is 133 cm³/mol. The van der Waals surface area contributed by atoms with Gasteiger partial charge in [-0.25, -0.2) is 4.68 Å². The first kappa shape index (κ1) is 21.4. The van der Waals surface area contributed by atoms with Crippen molar-refractivity contribution in [3.8, 4) is 17.0 Å². The average Bonchev–Trinajstić information content (AvgIpc) is 3.26. The van der Waals surface area contributed by atoms with Crippen LogP contribution < -0.4 is 14.9 Å². The molecular weight excluding hydrogens is 432 g/mol. The molecule has 3 aromatic rings. The van der Waals surface area contributed by atoms with Crippen molar-refractivity contribution >= 4 is 29.1 Å². The third kappa shape index (κ3) is 5.14. The zero-order chi connectivity index (χ0) is 22.5. The van der Waals surface area contributed by atoms with Crippen molar-refractivity contribution in [1.29, 1.82) is 0 Å². The summed E-state index contributed by atoms with van der Waals surface area (Å²) in [6.07, 6.45) is 10.6. The fourth-order valence-electron chi connectivity index (χ4n) is 4.00. The summed E-state index contributed by atoms with van der Waals surface area (Å²) in [6, 6.07) is 16.2. The minimum absolute atomic E-state index is 0.0510. The van der Waals surface area contributed by atoms with Crippen molar-refractivity contribution in [3.63, 3.8) is 0 Å². The maximum absolute atomic E-state index is 11.8. The van der Waals surface area contributed by atoms with E-state index in [0.717, 1.165) is 41.7 Å². The van der Waals surface area contributed by atoms with Gasteiger partial charge in [-0.1, -0.05) is 42.5 Å². The van der Waals surface area contributed by atoms with Crippen LogP contribution in [0.2, 0.25) is 0 Å². The third-order valence-corrected chi connectivity index (χ3v) is 6.64. The van der Waals surface area contributed by atoms with E-state index in [-0.39, 0.29) is 12.5 Å². The van der Waals surface area contributed by atoms with Crippen LogP contribution in [-0.2, 0) is 11.2 Å². The molecule has 1 unspecified atom stereocenters. The first-order valence-electron chi connectivity index (χ1n) is 11.3. The first-order chi connectivity index (χ1) is 16.3. The standard InChI is InChI=1S/C26H26N4O2S/c31-25-17-32-24-12-11-21(15-22(24)29-25)23-18-33-26(27-14-13-19-7-3-1-4-8-19)30(23)28-16-20-9-5-2-6-10-20/h1-5,7-8,11-12,15-16,18,20H,6,9-10,13-14,17H2,(H,29,31). The zero-order valence-electron chi connectivity index (χ0n) is 18.3. The van der Waals surface area contributed by atoms with Gasteiger partial charge < -0.3 is 10.1 Å². The van der Waals surface area contributed by atoms with Crippen LogP contribution in [-0.4, -0.2) is 29.9 Å². The van der Waals surface area contributed by atoms with Gasteiger partial charge in [0.2, 0.25) is 4.80 Å². The summed E-state index contributed by atoms with van der Waals surface area (Å²) in [5, 5.41) is 9.84. The first-order valence-corrected chi connectivity index (χ1v) is 12.2. The molecule has 0 saturated carbocycles. The summed E-state index contributed by atoms with van der Waals surface area (Å²) in [5.74, 6) is 0.979. The molecule has 0 spiro atoms. The summed E-state index contributed by atoms with van der Waals surface area (Å²) in [4.78, 5) is 17.5. The molecule has 33 heavy (non-hydrogen) atoms. The Morgan fingerprint density at radius 3 is 2.94 bits per heavy atom. The lowest BCUT2D eigenvalue weighted by Crippen LogP contribution is -2.25. The molecule has 0 fully saturated rings. The van der Waals surface area contributed by atoms with Crippen molar-refractivity contribution in [2.45, 2.75) is 25.7 Å². The van der Waals surface area contributed by atoms with E-state index in [2.05, 4.69) is 53.3 Å². The van der Waals surface area contributed by atoms with E-state index >= 15 is 0 Å². The van der Waals surface area contributed by atoms with E-state index in [1.807, 2.05) is 28.9 Å². The van der Waals surface area contributed by atoms with Crippen LogP contribution in [0.25, 0.3) is 11.3 Å². The van der Waals surface area contributed by atoms with Crippen molar-refractivity contribution in [2.24, 2.45) is 16.0 Å². The number of ether oxygens (including phenoxy) is 1. The molecule has 5 rings (SSSR count). The molecule has 2 aromatic carbocycles. The van der Waals surface area contributed by atoms with Gasteiger partial charge in [-0.3, -0.25) is 9.79 Å². The van der Waals surface area contributed by atoms with Gasteiger partial charge in [-0.2, -0.15) is 5.10 Å². The largest absolute Gasteiger partial charge is 0.482 e. The molecule has 6 nitrogen and oxygen atoms in total. The minimum atomic E-state index is -0.141. The number of rotatable bonds is 6. The number of allylic oxidation sites excluding steroid dienone is 2. The number of thiazole rings is 1. The lowest BCUT2D eigenvalue weighted by atomic mass is 9.96. The number of benzene rings is 2. The number of carbonyl (C=O) groups excluding carboxylic acids is 1. The highest BCUT2D eigenvalue weighted by atomic mass is 32.1. The Morgan fingerprint density at radius 1 is 1.18 bits per heavy atom. The molecular formula is C26H26N4O2S. The second-order valence-corrected chi connectivity index (χ2v) is 9.03. The molecule has 1 amide bonds. The number of hydrogen-bond donors (Lipinski definition) is 1. The number of amides is 1. The Hall–Kier alpha value is -3.45. The SMILES string of the molecule is O=C1COc2ccc(-c3csc(=NCCc4ccccc4)n3N=CC3CC=CCC3)cc2N1. The lowest BCUT2D eigenvalue weighted by molar-refractivity contribution is -0.118. The van der Waals surface area contributed by atoms with Crippen molar-refractivity contribution in [3.05, 3.63) is 76.4 Å². The summed E-state index contributed by atoms with van der Waals surface area (Å²) >= 11 is 1.58. The third-order valence-electron chi connectivity index (χ3n) is 5.79. The molecule has 0 saturated heterocycles. The molecule has 0 bridgehead atoms. The van der Waals surface area contributed by atoms with E-state index < -0.39 is 0 Å². The second kappa shape index (κ2) is 10.0. The van der Waals surface area contributed by atoms with Crippen LogP contribution in [0.3, 0.4) is 0 Å². The molecule has 1 N–H and O–H groups in total. The molecule has 7 heteroatoms. The van der Waals surface area contributed by atoms with Gasteiger partial charge in [0.25, 0.3) is 5.91 Å². The second-order valence-electron chi connectivity index (χ2n) is 8.19. The number of nitrogens with one attached hydrogen (secondary N) is 1. The molecule has 1 aliphatic heterocycles. The normalized spacial score (nSPS) is 18.2. The fraction of sp³-hybridized carbons (Fsp3) is 0.269. The van der Waals surface area contributed by atoms with Gasteiger partial charge in [0.1, 0.15) is 5.75 Å². The van der Waals surface area contributed by atoms with E-state index in [1.165, 1.54) is 5.56 Å². The average molecular weight is 459 g/mol. The fourth-order valence-corrected chi connectivity index (χ4v) is 4.86. The molecule has 1 atom stereocenters. The Kier molecular flexibility index (Phi) is 6.48. The minimum Gasteiger partial charge on any atom is -0.482 e. The monoisotopic (exact) mass is 458 g/mol. The van der Waals surface area contributed by atoms with Crippen LogP contribution in [0.15, 0.2) is 76.2 Å². The van der Waals surface area contributed by atoms with Gasteiger partial charge >= 0.3 is 0 Å². The molecule has 1 aromatic heterocycles. The van der Waals surface area contributed by atoms with Crippen LogP contribution in [0.4, 0.5) is 5.69 Å². The van der Waals surface area contributed by atoms with Crippen LogP contribution >= 0.6 is 11.3 Å². The Balaban J connectivity index is 1.47.